The zero-order valence-electron chi connectivity index (χ0n) is 12.7. The highest BCUT2D eigenvalue weighted by molar-refractivity contribution is 5.77. The van der Waals surface area contributed by atoms with Crippen molar-refractivity contribution in [3.05, 3.63) is 35.9 Å². The van der Waals surface area contributed by atoms with Gasteiger partial charge in [0.25, 0.3) is 0 Å². The fourth-order valence-corrected chi connectivity index (χ4v) is 2.03. The first-order chi connectivity index (χ1) is 9.76. The lowest BCUT2D eigenvalue weighted by Crippen LogP contribution is -2.35. The number of carbonyl (C=O) groups is 1. The van der Waals surface area contributed by atoms with Crippen molar-refractivity contribution in [1.82, 2.24) is 15.5 Å². The van der Waals surface area contributed by atoms with E-state index in [1.165, 1.54) is 0 Å². The van der Waals surface area contributed by atoms with E-state index < -0.39 is 0 Å². The third kappa shape index (κ3) is 7.26. The molecule has 0 aliphatic heterocycles. The quantitative estimate of drug-likeness (QED) is 0.639. The van der Waals surface area contributed by atoms with Gasteiger partial charge >= 0.3 is 0 Å². The van der Waals surface area contributed by atoms with Gasteiger partial charge in [0.2, 0.25) is 5.91 Å². The molecule has 1 aromatic carbocycles. The molecule has 20 heavy (non-hydrogen) atoms. The number of hydrogen-bond donors (Lipinski definition) is 2. The van der Waals surface area contributed by atoms with Crippen molar-refractivity contribution >= 4 is 5.91 Å². The van der Waals surface area contributed by atoms with Gasteiger partial charge in [-0.3, -0.25) is 4.79 Å². The molecule has 2 N–H and O–H groups in total. The standard InChI is InChI=1S/C16H27N3O/c1-3-19(4-2)12-8-11-17-14-16(20)18-13-15-9-6-5-7-10-15/h5-7,9-10,17H,3-4,8,11-14H2,1-2H3,(H,18,20). The molecule has 112 valence electrons. The molecule has 0 unspecified atom stereocenters. The average Bonchev–Trinajstić information content (AvgIpc) is 2.50. The SMILES string of the molecule is CCN(CC)CCCNCC(=O)NCc1ccccc1. The van der Waals surface area contributed by atoms with Gasteiger partial charge in [0.15, 0.2) is 0 Å². The highest BCUT2D eigenvalue weighted by Gasteiger charge is 2.01. The Kier molecular flexibility index (Phi) is 8.67. The van der Waals surface area contributed by atoms with Crippen molar-refractivity contribution in [1.29, 1.82) is 0 Å². The summed E-state index contributed by atoms with van der Waals surface area (Å²) in [6.07, 6.45) is 1.08. The molecule has 0 aliphatic rings. The summed E-state index contributed by atoms with van der Waals surface area (Å²) in [6, 6.07) is 9.96. The van der Waals surface area contributed by atoms with Crippen molar-refractivity contribution in [2.24, 2.45) is 0 Å². The first-order valence-corrected chi connectivity index (χ1v) is 7.50. The van der Waals surface area contributed by atoms with Crippen LogP contribution in [0, 0.1) is 0 Å². The lowest BCUT2D eigenvalue weighted by molar-refractivity contribution is -0.120. The van der Waals surface area contributed by atoms with Gasteiger partial charge in [0.05, 0.1) is 6.54 Å². The summed E-state index contributed by atoms with van der Waals surface area (Å²) in [7, 11) is 0. The molecule has 0 aromatic heterocycles. The summed E-state index contributed by atoms with van der Waals surface area (Å²) >= 11 is 0. The number of rotatable bonds is 10. The number of hydrogen-bond acceptors (Lipinski definition) is 3. The molecule has 4 nitrogen and oxygen atoms in total. The maximum atomic E-state index is 11.6. The molecule has 0 atom stereocenters. The fraction of sp³-hybridized carbons (Fsp3) is 0.562. The largest absolute Gasteiger partial charge is 0.351 e. The molecule has 0 saturated heterocycles. The van der Waals surface area contributed by atoms with Gasteiger partial charge in [-0.25, -0.2) is 0 Å². The van der Waals surface area contributed by atoms with Gasteiger partial charge in [0, 0.05) is 6.54 Å². The Hall–Kier alpha value is -1.39. The minimum absolute atomic E-state index is 0.0525. The zero-order valence-corrected chi connectivity index (χ0v) is 12.7. The van der Waals surface area contributed by atoms with E-state index in [1.54, 1.807) is 0 Å². The molecule has 0 radical (unpaired) electrons. The minimum atomic E-state index is 0.0525. The van der Waals surface area contributed by atoms with Crippen LogP contribution in [0.2, 0.25) is 0 Å². The summed E-state index contributed by atoms with van der Waals surface area (Å²) < 4.78 is 0. The number of amides is 1. The third-order valence-corrected chi connectivity index (χ3v) is 3.34. The topological polar surface area (TPSA) is 44.4 Å². The van der Waals surface area contributed by atoms with E-state index in [2.05, 4.69) is 29.4 Å². The molecule has 0 spiro atoms. The van der Waals surface area contributed by atoms with Crippen LogP contribution in [0.3, 0.4) is 0 Å². The Morgan fingerprint density at radius 1 is 1.15 bits per heavy atom. The number of benzene rings is 1. The smallest absolute Gasteiger partial charge is 0.234 e. The first-order valence-electron chi connectivity index (χ1n) is 7.50. The Bertz CT molecular complexity index is 363. The monoisotopic (exact) mass is 277 g/mol. The predicted molar refractivity (Wildman–Crippen MR) is 83.6 cm³/mol. The summed E-state index contributed by atoms with van der Waals surface area (Å²) in [4.78, 5) is 14.0. The highest BCUT2D eigenvalue weighted by atomic mass is 16.1. The second kappa shape index (κ2) is 10.4. The Balaban J connectivity index is 2.03. The lowest BCUT2D eigenvalue weighted by Gasteiger charge is -2.17. The molecule has 0 bridgehead atoms. The maximum Gasteiger partial charge on any atom is 0.234 e. The average molecular weight is 277 g/mol. The van der Waals surface area contributed by atoms with Gasteiger partial charge in [-0.2, -0.15) is 0 Å². The van der Waals surface area contributed by atoms with Crippen molar-refractivity contribution < 1.29 is 4.79 Å². The maximum absolute atomic E-state index is 11.6. The van der Waals surface area contributed by atoms with Gasteiger partial charge in [-0.05, 0) is 38.2 Å². The van der Waals surface area contributed by atoms with Crippen LogP contribution in [0.25, 0.3) is 0 Å². The van der Waals surface area contributed by atoms with Crippen LogP contribution in [-0.4, -0.2) is 43.5 Å². The van der Waals surface area contributed by atoms with Crippen molar-refractivity contribution in [3.8, 4) is 0 Å². The molecule has 1 rings (SSSR count). The number of carbonyl (C=O) groups excluding carboxylic acids is 1. The summed E-state index contributed by atoms with van der Waals surface area (Å²) in [6.45, 7) is 9.50. The van der Waals surface area contributed by atoms with Crippen LogP contribution >= 0.6 is 0 Å². The van der Waals surface area contributed by atoms with Crippen LogP contribution in [0.1, 0.15) is 25.8 Å². The molecule has 1 aromatic rings. The minimum Gasteiger partial charge on any atom is -0.351 e. The molecule has 0 aliphatic carbocycles. The molecule has 0 fully saturated rings. The van der Waals surface area contributed by atoms with E-state index in [9.17, 15) is 4.79 Å². The van der Waals surface area contributed by atoms with Crippen LogP contribution in [0.15, 0.2) is 30.3 Å². The first kappa shape index (κ1) is 16.7. The second-order valence-electron chi connectivity index (χ2n) is 4.82. The summed E-state index contributed by atoms with van der Waals surface area (Å²) in [5.74, 6) is 0.0525. The van der Waals surface area contributed by atoms with Gasteiger partial charge in [0.1, 0.15) is 0 Å². The van der Waals surface area contributed by atoms with E-state index in [0.29, 0.717) is 13.1 Å². The van der Waals surface area contributed by atoms with Crippen LogP contribution < -0.4 is 10.6 Å². The molecule has 0 saturated carbocycles. The Morgan fingerprint density at radius 3 is 2.50 bits per heavy atom. The van der Waals surface area contributed by atoms with Gasteiger partial charge in [-0.15, -0.1) is 0 Å². The molecular formula is C16H27N3O. The van der Waals surface area contributed by atoms with E-state index in [4.69, 9.17) is 0 Å². The van der Waals surface area contributed by atoms with Crippen molar-refractivity contribution in [2.75, 3.05) is 32.7 Å². The van der Waals surface area contributed by atoms with E-state index in [-0.39, 0.29) is 5.91 Å². The Labute approximate surface area is 122 Å². The van der Waals surface area contributed by atoms with Gasteiger partial charge < -0.3 is 15.5 Å². The van der Waals surface area contributed by atoms with E-state index in [1.807, 2.05) is 30.3 Å². The molecule has 4 heteroatoms. The lowest BCUT2D eigenvalue weighted by atomic mass is 10.2. The number of nitrogens with zero attached hydrogens (tertiary/aromatic N) is 1. The normalized spacial score (nSPS) is 10.8. The van der Waals surface area contributed by atoms with Crippen molar-refractivity contribution in [2.45, 2.75) is 26.8 Å². The molecular weight excluding hydrogens is 250 g/mol. The Morgan fingerprint density at radius 2 is 1.85 bits per heavy atom. The van der Waals surface area contributed by atoms with E-state index >= 15 is 0 Å². The van der Waals surface area contributed by atoms with E-state index in [0.717, 1.165) is 38.2 Å². The molecule has 0 heterocycles. The third-order valence-electron chi connectivity index (χ3n) is 3.34. The van der Waals surface area contributed by atoms with Crippen LogP contribution in [0.5, 0.6) is 0 Å². The fourth-order valence-electron chi connectivity index (χ4n) is 2.03. The summed E-state index contributed by atoms with van der Waals surface area (Å²) in [5, 5.41) is 6.10. The summed E-state index contributed by atoms with van der Waals surface area (Å²) in [5.41, 5.74) is 1.13. The number of nitrogens with one attached hydrogen (secondary N) is 2. The highest BCUT2D eigenvalue weighted by Crippen LogP contribution is 1.96. The van der Waals surface area contributed by atoms with Crippen molar-refractivity contribution in [3.63, 3.8) is 0 Å². The zero-order chi connectivity index (χ0) is 14.6. The van der Waals surface area contributed by atoms with Crippen LogP contribution in [-0.2, 0) is 11.3 Å². The molecule has 1 amide bonds. The predicted octanol–water partition coefficient (Wildman–Crippen LogP) is 1.62. The van der Waals surface area contributed by atoms with Crippen LogP contribution in [0.4, 0.5) is 0 Å². The van der Waals surface area contributed by atoms with Gasteiger partial charge in [-0.1, -0.05) is 44.2 Å². The second-order valence-corrected chi connectivity index (χ2v) is 4.82.